The Bertz CT molecular complexity index is 511. The fourth-order valence-electron chi connectivity index (χ4n) is 5.52. The highest BCUT2D eigenvalue weighted by Crippen LogP contribution is 2.76. The zero-order chi connectivity index (χ0) is 14.2. The molecular weight excluding hydrogens is 267 g/mol. The second-order valence-corrected chi connectivity index (χ2v) is 10.9. The summed E-state index contributed by atoms with van der Waals surface area (Å²) >= 11 is 0. The van der Waals surface area contributed by atoms with E-state index in [4.69, 9.17) is 9.47 Å². The molecule has 4 aliphatic rings. The van der Waals surface area contributed by atoms with Gasteiger partial charge in [-0.2, -0.15) is 0 Å². The summed E-state index contributed by atoms with van der Waals surface area (Å²) in [5.74, 6) is -0.387. The van der Waals surface area contributed by atoms with Crippen LogP contribution < -0.4 is 5.30 Å². The molecule has 4 aliphatic heterocycles. The van der Waals surface area contributed by atoms with Gasteiger partial charge in [0, 0.05) is 18.0 Å². The summed E-state index contributed by atoms with van der Waals surface area (Å²) in [6.07, 6.45) is 3.20. The number of hydrogen-bond donors (Lipinski definition) is 0. The molecule has 5 unspecified atom stereocenters. The summed E-state index contributed by atoms with van der Waals surface area (Å²) < 4.78 is 12.8. The van der Waals surface area contributed by atoms with Gasteiger partial charge in [-0.05, 0) is 40.4 Å². The van der Waals surface area contributed by atoms with Crippen molar-refractivity contribution in [1.82, 2.24) is 0 Å². The van der Waals surface area contributed by atoms with Gasteiger partial charge in [-0.1, -0.05) is 37.3 Å². The van der Waals surface area contributed by atoms with Crippen LogP contribution in [0.15, 0.2) is 30.3 Å². The molecule has 2 nitrogen and oxygen atoms in total. The molecule has 4 bridgehead atoms. The molecule has 1 aromatic rings. The predicted octanol–water partition coefficient (Wildman–Crippen LogP) is 3.99. The summed E-state index contributed by atoms with van der Waals surface area (Å²) in [5, 5.41) is 1.76. The van der Waals surface area contributed by atoms with E-state index in [1.54, 1.807) is 0 Å². The molecule has 108 valence electrons. The minimum Gasteiger partial charge on any atom is -0.344 e. The van der Waals surface area contributed by atoms with Gasteiger partial charge in [0.1, 0.15) is 0 Å². The Morgan fingerprint density at radius 1 is 0.900 bits per heavy atom. The third-order valence-corrected chi connectivity index (χ3v) is 8.49. The lowest BCUT2D eigenvalue weighted by Crippen LogP contribution is -2.70. The molecular formula is C17H23O2P. The van der Waals surface area contributed by atoms with Crippen LogP contribution in [0.3, 0.4) is 0 Å². The first kappa shape index (κ1) is 13.2. The third-order valence-electron chi connectivity index (χ3n) is 5.08. The van der Waals surface area contributed by atoms with Gasteiger partial charge in [0.05, 0.1) is 10.9 Å². The van der Waals surface area contributed by atoms with Crippen molar-refractivity contribution >= 4 is 13.2 Å². The molecule has 0 aliphatic carbocycles. The molecule has 0 amide bonds. The summed E-state index contributed by atoms with van der Waals surface area (Å²) in [7, 11) is -0.331. The van der Waals surface area contributed by atoms with Crippen molar-refractivity contribution in [2.24, 2.45) is 0 Å². The highest BCUT2D eigenvalue weighted by molar-refractivity contribution is 7.68. The van der Waals surface area contributed by atoms with Gasteiger partial charge in [0.25, 0.3) is 0 Å². The molecule has 0 N–H and O–H groups in total. The van der Waals surface area contributed by atoms with E-state index in [0.717, 1.165) is 19.3 Å². The Kier molecular flexibility index (Phi) is 2.43. The molecule has 0 saturated carbocycles. The lowest BCUT2D eigenvalue weighted by Gasteiger charge is -2.70. The van der Waals surface area contributed by atoms with Gasteiger partial charge in [-0.3, -0.25) is 0 Å². The smallest absolute Gasteiger partial charge is 0.168 e. The van der Waals surface area contributed by atoms with Crippen molar-refractivity contribution in [1.29, 1.82) is 0 Å². The van der Waals surface area contributed by atoms with Crippen LogP contribution in [0.1, 0.15) is 47.0 Å². The number of benzene rings is 1. The van der Waals surface area contributed by atoms with Crippen molar-refractivity contribution in [2.75, 3.05) is 0 Å². The number of hydrogen-bond acceptors (Lipinski definition) is 2. The van der Waals surface area contributed by atoms with Gasteiger partial charge in [-0.15, -0.1) is 0 Å². The molecule has 5 rings (SSSR count). The van der Waals surface area contributed by atoms with Crippen LogP contribution in [0.4, 0.5) is 0 Å². The van der Waals surface area contributed by atoms with Gasteiger partial charge in [-0.25, -0.2) is 0 Å². The largest absolute Gasteiger partial charge is 0.344 e. The van der Waals surface area contributed by atoms with Crippen LogP contribution >= 0.6 is 7.92 Å². The summed E-state index contributed by atoms with van der Waals surface area (Å²) in [6, 6.07) is 11.0. The average molecular weight is 290 g/mol. The van der Waals surface area contributed by atoms with E-state index in [9.17, 15) is 0 Å². The van der Waals surface area contributed by atoms with E-state index in [2.05, 4.69) is 58.0 Å². The maximum Gasteiger partial charge on any atom is 0.168 e. The lowest BCUT2D eigenvalue weighted by atomic mass is 9.78. The molecule has 4 saturated heterocycles. The molecule has 4 heterocycles. The molecule has 3 heteroatoms. The van der Waals surface area contributed by atoms with Gasteiger partial charge in [0.2, 0.25) is 0 Å². The molecule has 5 atom stereocenters. The van der Waals surface area contributed by atoms with Gasteiger partial charge >= 0.3 is 0 Å². The number of ether oxygens (including phenoxy) is 2. The second-order valence-electron chi connectivity index (χ2n) is 7.66. The minimum absolute atomic E-state index is 0.0115. The maximum atomic E-state index is 6.50. The monoisotopic (exact) mass is 290 g/mol. The standard InChI is InChI=1S/C17H23O2P/c1-14-10-15(2)12-16(3,18-14)19-17(4,11-14)20(15)13-8-6-5-7-9-13/h5-9H,10-12H2,1-4H3. The van der Waals surface area contributed by atoms with Gasteiger partial charge < -0.3 is 9.47 Å². The zero-order valence-electron chi connectivity index (χ0n) is 12.8. The van der Waals surface area contributed by atoms with Crippen LogP contribution in [-0.4, -0.2) is 21.9 Å². The summed E-state index contributed by atoms with van der Waals surface area (Å²) in [5.41, 5.74) is -0.0115. The van der Waals surface area contributed by atoms with Crippen molar-refractivity contribution < 1.29 is 9.47 Å². The SMILES string of the molecule is CC12CC3(C)CC(C)(O1)OC(C)(C2)P3c1ccccc1. The van der Waals surface area contributed by atoms with Crippen molar-refractivity contribution in [3.8, 4) is 0 Å². The first-order valence-electron chi connectivity index (χ1n) is 7.52. The molecule has 4 fully saturated rings. The fourth-order valence-corrected chi connectivity index (χ4v) is 10.0. The molecule has 0 spiro atoms. The predicted molar refractivity (Wildman–Crippen MR) is 82.6 cm³/mol. The number of rotatable bonds is 1. The lowest BCUT2D eigenvalue weighted by molar-refractivity contribution is -0.378. The Morgan fingerprint density at radius 3 is 2.20 bits per heavy atom. The quantitative estimate of drug-likeness (QED) is 0.728. The highest BCUT2D eigenvalue weighted by Gasteiger charge is 2.69. The van der Waals surface area contributed by atoms with E-state index in [1.165, 1.54) is 5.30 Å². The third kappa shape index (κ3) is 1.68. The topological polar surface area (TPSA) is 18.5 Å². The fraction of sp³-hybridized carbons (Fsp3) is 0.647. The molecule has 1 aromatic carbocycles. The molecule has 0 aromatic heterocycles. The first-order valence-corrected chi connectivity index (χ1v) is 8.86. The Labute approximate surface area is 122 Å². The van der Waals surface area contributed by atoms with Crippen LogP contribution in [-0.2, 0) is 9.47 Å². The summed E-state index contributed by atoms with van der Waals surface area (Å²) in [4.78, 5) is 0. The van der Waals surface area contributed by atoms with Crippen molar-refractivity contribution in [3.63, 3.8) is 0 Å². The maximum absolute atomic E-state index is 6.50. The Hall–Kier alpha value is -0.430. The van der Waals surface area contributed by atoms with Crippen LogP contribution in [0, 0.1) is 0 Å². The van der Waals surface area contributed by atoms with Gasteiger partial charge in [0.15, 0.2) is 5.79 Å². The normalized spacial score (nSPS) is 53.3. The van der Waals surface area contributed by atoms with E-state index in [1.807, 2.05) is 0 Å². The van der Waals surface area contributed by atoms with E-state index >= 15 is 0 Å². The molecule has 20 heavy (non-hydrogen) atoms. The second kappa shape index (κ2) is 3.66. The Morgan fingerprint density at radius 2 is 1.60 bits per heavy atom. The first-order chi connectivity index (χ1) is 9.26. The van der Waals surface area contributed by atoms with E-state index in [0.29, 0.717) is 5.16 Å². The minimum atomic E-state index is -0.387. The highest BCUT2D eigenvalue weighted by atomic mass is 31.1. The average Bonchev–Trinajstić information content (AvgIpc) is 2.22. The van der Waals surface area contributed by atoms with Crippen LogP contribution in [0.5, 0.6) is 0 Å². The zero-order valence-corrected chi connectivity index (χ0v) is 13.7. The van der Waals surface area contributed by atoms with Crippen LogP contribution in [0.2, 0.25) is 0 Å². The Balaban J connectivity index is 1.87. The van der Waals surface area contributed by atoms with Crippen molar-refractivity contribution in [3.05, 3.63) is 30.3 Å². The van der Waals surface area contributed by atoms with Crippen LogP contribution in [0.25, 0.3) is 0 Å². The summed E-state index contributed by atoms with van der Waals surface area (Å²) in [6.45, 7) is 9.20. The van der Waals surface area contributed by atoms with Crippen molar-refractivity contribution in [2.45, 2.75) is 68.8 Å². The molecule has 0 radical (unpaired) electrons. The van der Waals surface area contributed by atoms with E-state index in [-0.39, 0.29) is 24.7 Å². The van der Waals surface area contributed by atoms with E-state index < -0.39 is 0 Å².